The lowest BCUT2D eigenvalue weighted by Gasteiger charge is -2.13. The zero-order valence-electron chi connectivity index (χ0n) is 7.03. The van der Waals surface area contributed by atoms with Crippen LogP contribution >= 0.6 is 15.9 Å². The van der Waals surface area contributed by atoms with Crippen LogP contribution in [0.2, 0.25) is 0 Å². The first-order chi connectivity index (χ1) is 6.15. The van der Waals surface area contributed by atoms with Crippen molar-refractivity contribution in [2.45, 2.75) is 0 Å². The third-order valence-electron chi connectivity index (χ3n) is 1.65. The highest BCUT2D eigenvalue weighted by Gasteiger charge is 2.07. The van der Waals surface area contributed by atoms with Gasteiger partial charge in [0.25, 0.3) is 5.91 Å². The molecule has 0 bridgehead atoms. The molecule has 0 saturated heterocycles. The third kappa shape index (κ3) is 2.39. The van der Waals surface area contributed by atoms with Crippen LogP contribution < -0.4 is 4.90 Å². The van der Waals surface area contributed by atoms with E-state index in [0.717, 1.165) is 4.47 Å². The van der Waals surface area contributed by atoms with E-state index in [1.807, 2.05) is 12.1 Å². The molecule has 0 radical (unpaired) electrons. The molecule has 0 aromatic heterocycles. The standard InChI is InChI=1S/C9H8BrNO2/c1-11(9(13)6-12)8-4-2-7(10)3-5-8/h2-6H,1H3. The van der Waals surface area contributed by atoms with Crippen molar-refractivity contribution in [3.8, 4) is 0 Å². The fraction of sp³-hybridized carbons (Fsp3) is 0.111. The molecule has 0 aliphatic heterocycles. The van der Waals surface area contributed by atoms with Gasteiger partial charge in [0.15, 0.2) is 0 Å². The molecule has 1 rings (SSSR count). The summed E-state index contributed by atoms with van der Waals surface area (Å²) in [5.41, 5.74) is 0.695. The van der Waals surface area contributed by atoms with Crippen LogP contribution in [0, 0.1) is 0 Å². The molecule has 0 saturated carbocycles. The summed E-state index contributed by atoms with van der Waals surface area (Å²) in [7, 11) is 1.56. The predicted molar refractivity (Wildman–Crippen MR) is 53.6 cm³/mol. The number of anilines is 1. The topological polar surface area (TPSA) is 37.4 Å². The highest BCUT2D eigenvalue weighted by Crippen LogP contribution is 2.16. The van der Waals surface area contributed by atoms with E-state index in [-0.39, 0.29) is 0 Å². The number of nitrogens with zero attached hydrogens (tertiary/aromatic N) is 1. The number of carbonyl (C=O) groups is 2. The lowest BCUT2D eigenvalue weighted by atomic mass is 10.3. The number of hydrogen-bond donors (Lipinski definition) is 0. The van der Waals surface area contributed by atoms with Gasteiger partial charge in [-0.3, -0.25) is 9.59 Å². The SMILES string of the molecule is CN(C(=O)C=O)c1ccc(Br)cc1. The van der Waals surface area contributed by atoms with Gasteiger partial charge in [-0.1, -0.05) is 15.9 Å². The van der Waals surface area contributed by atoms with E-state index in [9.17, 15) is 9.59 Å². The summed E-state index contributed by atoms with van der Waals surface area (Å²) in [6.07, 6.45) is 0.294. The molecule has 3 nitrogen and oxygen atoms in total. The Kier molecular flexibility index (Phi) is 3.19. The number of amides is 1. The molecule has 0 fully saturated rings. The van der Waals surface area contributed by atoms with Gasteiger partial charge in [-0.05, 0) is 24.3 Å². The van der Waals surface area contributed by atoms with Crippen molar-refractivity contribution >= 4 is 33.8 Å². The molecule has 68 valence electrons. The Balaban J connectivity index is 2.89. The first-order valence-corrected chi connectivity index (χ1v) is 4.43. The molecule has 1 aromatic carbocycles. The molecule has 1 aromatic rings. The molecular formula is C9H8BrNO2. The maximum absolute atomic E-state index is 10.9. The Hall–Kier alpha value is -1.16. The highest BCUT2D eigenvalue weighted by molar-refractivity contribution is 9.10. The van der Waals surface area contributed by atoms with Crippen LogP contribution in [0.25, 0.3) is 0 Å². The van der Waals surface area contributed by atoms with Gasteiger partial charge in [-0.25, -0.2) is 0 Å². The van der Waals surface area contributed by atoms with Crippen LogP contribution in [0.5, 0.6) is 0 Å². The molecule has 0 unspecified atom stereocenters. The van der Waals surface area contributed by atoms with E-state index in [4.69, 9.17) is 0 Å². The smallest absolute Gasteiger partial charge is 0.290 e. The maximum atomic E-state index is 10.9. The van der Waals surface area contributed by atoms with Gasteiger partial charge >= 0.3 is 0 Å². The van der Waals surface area contributed by atoms with Crippen molar-refractivity contribution in [3.05, 3.63) is 28.7 Å². The van der Waals surface area contributed by atoms with Crippen molar-refractivity contribution in [2.24, 2.45) is 0 Å². The van der Waals surface area contributed by atoms with Gasteiger partial charge in [0, 0.05) is 17.2 Å². The second kappa shape index (κ2) is 4.18. The number of halogens is 1. The zero-order valence-corrected chi connectivity index (χ0v) is 8.61. The minimum Gasteiger partial charge on any atom is -0.309 e. The predicted octanol–water partition coefficient (Wildman–Crippen LogP) is 1.61. The molecule has 0 aliphatic carbocycles. The maximum Gasteiger partial charge on any atom is 0.290 e. The number of carbonyl (C=O) groups excluding carboxylic acids is 2. The van der Waals surface area contributed by atoms with Crippen LogP contribution in [-0.2, 0) is 9.59 Å². The number of benzene rings is 1. The fourth-order valence-corrected chi connectivity index (χ4v) is 1.14. The lowest BCUT2D eigenvalue weighted by molar-refractivity contribution is -0.129. The average molecular weight is 242 g/mol. The number of rotatable bonds is 2. The van der Waals surface area contributed by atoms with Crippen LogP contribution in [0.1, 0.15) is 0 Å². The largest absolute Gasteiger partial charge is 0.309 e. The van der Waals surface area contributed by atoms with Gasteiger partial charge < -0.3 is 4.90 Å². The van der Waals surface area contributed by atoms with Crippen molar-refractivity contribution < 1.29 is 9.59 Å². The van der Waals surface area contributed by atoms with Gasteiger partial charge in [-0.15, -0.1) is 0 Å². The Labute approximate surface area is 84.5 Å². The molecule has 0 atom stereocenters. The summed E-state index contributed by atoms with van der Waals surface area (Å²) < 4.78 is 0.934. The quantitative estimate of drug-likeness (QED) is 0.583. The van der Waals surface area contributed by atoms with Gasteiger partial charge in [0.2, 0.25) is 6.29 Å². The van der Waals surface area contributed by atoms with Crippen molar-refractivity contribution in [3.63, 3.8) is 0 Å². The molecule has 0 heterocycles. The molecule has 0 N–H and O–H groups in total. The molecule has 1 amide bonds. The normalized spacial score (nSPS) is 9.38. The summed E-state index contributed by atoms with van der Waals surface area (Å²) in [4.78, 5) is 22.4. The number of likely N-dealkylation sites (N-methyl/N-ethyl adjacent to an activating group) is 1. The molecule has 4 heteroatoms. The number of hydrogen-bond acceptors (Lipinski definition) is 2. The van der Waals surface area contributed by atoms with Gasteiger partial charge in [-0.2, -0.15) is 0 Å². The summed E-state index contributed by atoms with van der Waals surface area (Å²) in [6.45, 7) is 0. The van der Waals surface area contributed by atoms with E-state index >= 15 is 0 Å². The Morgan fingerprint density at radius 3 is 2.38 bits per heavy atom. The Bertz CT molecular complexity index is 321. The molecule has 0 spiro atoms. The monoisotopic (exact) mass is 241 g/mol. The van der Waals surface area contributed by atoms with Crippen molar-refractivity contribution in [2.75, 3.05) is 11.9 Å². The second-order valence-electron chi connectivity index (χ2n) is 2.49. The Morgan fingerprint density at radius 1 is 1.38 bits per heavy atom. The highest BCUT2D eigenvalue weighted by atomic mass is 79.9. The van der Waals surface area contributed by atoms with Crippen LogP contribution in [0.15, 0.2) is 28.7 Å². The molecular weight excluding hydrogens is 234 g/mol. The Morgan fingerprint density at radius 2 is 1.92 bits per heavy atom. The van der Waals surface area contributed by atoms with E-state index in [2.05, 4.69) is 15.9 Å². The van der Waals surface area contributed by atoms with Crippen LogP contribution in [0.3, 0.4) is 0 Å². The van der Waals surface area contributed by atoms with Crippen LogP contribution in [-0.4, -0.2) is 19.2 Å². The van der Waals surface area contributed by atoms with E-state index < -0.39 is 5.91 Å². The van der Waals surface area contributed by atoms with Gasteiger partial charge in [0.05, 0.1) is 0 Å². The molecule has 0 aliphatic rings. The first kappa shape index (κ1) is 9.92. The third-order valence-corrected chi connectivity index (χ3v) is 2.17. The summed E-state index contributed by atoms with van der Waals surface area (Å²) >= 11 is 3.28. The summed E-state index contributed by atoms with van der Waals surface area (Å²) in [5.74, 6) is -0.553. The number of aldehydes is 1. The van der Waals surface area contributed by atoms with E-state index in [1.54, 1.807) is 19.2 Å². The average Bonchev–Trinajstić information content (AvgIpc) is 2.17. The summed E-state index contributed by atoms with van der Waals surface area (Å²) in [6, 6.07) is 7.13. The van der Waals surface area contributed by atoms with E-state index in [0.29, 0.717) is 12.0 Å². The minimum absolute atomic E-state index is 0.294. The van der Waals surface area contributed by atoms with Crippen LogP contribution in [0.4, 0.5) is 5.69 Å². The summed E-state index contributed by atoms with van der Waals surface area (Å²) in [5, 5.41) is 0. The second-order valence-corrected chi connectivity index (χ2v) is 3.41. The first-order valence-electron chi connectivity index (χ1n) is 3.63. The van der Waals surface area contributed by atoms with Gasteiger partial charge in [0.1, 0.15) is 0 Å². The fourth-order valence-electron chi connectivity index (χ4n) is 0.871. The lowest BCUT2D eigenvalue weighted by Crippen LogP contribution is -2.26. The van der Waals surface area contributed by atoms with Crippen molar-refractivity contribution in [1.29, 1.82) is 0 Å². The van der Waals surface area contributed by atoms with Crippen molar-refractivity contribution in [1.82, 2.24) is 0 Å². The minimum atomic E-state index is -0.553. The molecule has 13 heavy (non-hydrogen) atoms. The van der Waals surface area contributed by atoms with E-state index in [1.165, 1.54) is 4.90 Å². The zero-order chi connectivity index (χ0) is 9.84.